The fourth-order valence-electron chi connectivity index (χ4n) is 2.78. The molecule has 22 heavy (non-hydrogen) atoms. The van der Waals surface area contributed by atoms with E-state index in [0.29, 0.717) is 10.8 Å². The molecule has 1 aliphatic carbocycles. The number of halogens is 1. The number of benzene rings is 2. The van der Waals surface area contributed by atoms with Crippen LogP contribution in [0.2, 0.25) is 0 Å². The van der Waals surface area contributed by atoms with Crippen molar-refractivity contribution in [3.8, 4) is 0 Å². The van der Waals surface area contributed by atoms with E-state index in [1.165, 1.54) is 24.3 Å². The van der Waals surface area contributed by atoms with Crippen molar-refractivity contribution in [2.75, 3.05) is 0 Å². The molecule has 0 spiro atoms. The molecule has 0 N–H and O–H groups in total. The molecule has 1 aromatic heterocycles. The summed E-state index contributed by atoms with van der Waals surface area (Å²) in [5.74, 6) is -1.29. The zero-order chi connectivity index (χ0) is 15.4. The highest BCUT2D eigenvalue weighted by molar-refractivity contribution is 6.28. The minimum Gasteiger partial charge on any atom is -0.422 e. The van der Waals surface area contributed by atoms with Gasteiger partial charge in [-0.3, -0.25) is 9.59 Å². The molecule has 2 aromatic carbocycles. The second-order valence-electron chi connectivity index (χ2n) is 5.00. The van der Waals surface area contributed by atoms with Crippen LogP contribution in [0.4, 0.5) is 4.39 Å². The Labute approximate surface area is 122 Å². The molecule has 106 valence electrons. The first-order valence-electron chi connectivity index (χ1n) is 6.52. The summed E-state index contributed by atoms with van der Waals surface area (Å²) in [6, 6.07) is 6.92. The summed E-state index contributed by atoms with van der Waals surface area (Å²) in [6.07, 6.45) is 2.31. The maximum absolute atomic E-state index is 13.3. The van der Waals surface area contributed by atoms with Crippen LogP contribution in [0.25, 0.3) is 21.7 Å². The first kappa shape index (κ1) is 12.6. The van der Waals surface area contributed by atoms with Gasteiger partial charge < -0.3 is 4.42 Å². The van der Waals surface area contributed by atoms with E-state index < -0.39 is 17.2 Å². The predicted molar refractivity (Wildman–Crippen MR) is 77.7 cm³/mol. The van der Waals surface area contributed by atoms with E-state index in [-0.39, 0.29) is 27.9 Å². The molecule has 0 atom stereocenters. The molecule has 0 saturated heterocycles. The van der Waals surface area contributed by atoms with Crippen LogP contribution in [0.1, 0.15) is 20.7 Å². The molecule has 0 radical (unpaired) electrons. The minimum atomic E-state index is -0.763. The van der Waals surface area contributed by atoms with Crippen LogP contribution < -0.4 is 5.63 Å². The number of hydrogen-bond donors (Lipinski definition) is 0. The number of allylic oxidation sites excluding steroid dienone is 2. The van der Waals surface area contributed by atoms with Gasteiger partial charge in [0.2, 0.25) is 0 Å². The molecule has 1 heterocycles. The summed E-state index contributed by atoms with van der Waals surface area (Å²) in [7, 11) is 0. The zero-order valence-corrected chi connectivity index (χ0v) is 11.1. The summed E-state index contributed by atoms with van der Waals surface area (Å²) in [4.78, 5) is 36.2. The van der Waals surface area contributed by atoms with E-state index in [2.05, 4.69) is 0 Å². The lowest BCUT2D eigenvalue weighted by atomic mass is 9.90. The third-order valence-corrected chi connectivity index (χ3v) is 3.74. The van der Waals surface area contributed by atoms with Crippen molar-refractivity contribution >= 4 is 33.3 Å². The Morgan fingerprint density at radius 3 is 2.41 bits per heavy atom. The van der Waals surface area contributed by atoms with Crippen molar-refractivity contribution in [2.45, 2.75) is 0 Å². The Morgan fingerprint density at radius 2 is 1.59 bits per heavy atom. The van der Waals surface area contributed by atoms with Crippen molar-refractivity contribution < 1.29 is 18.4 Å². The smallest absolute Gasteiger partial charge is 0.344 e. The lowest BCUT2D eigenvalue weighted by Crippen LogP contribution is -2.16. The van der Waals surface area contributed by atoms with E-state index in [0.717, 1.165) is 12.1 Å². The maximum atomic E-state index is 13.3. The molecule has 4 rings (SSSR count). The van der Waals surface area contributed by atoms with Gasteiger partial charge in [-0.2, -0.15) is 0 Å². The second kappa shape index (κ2) is 4.21. The van der Waals surface area contributed by atoms with Gasteiger partial charge in [0.15, 0.2) is 11.6 Å². The highest BCUT2D eigenvalue weighted by atomic mass is 19.1. The minimum absolute atomic E-state index is 0.0463. The Morgan fingerprint density at radius 1 is 0.864 bits per heavy atom. The molecule has 0 aliphatic heterocycles. The Kier molecular flexibility index (Phi) is 2.42. The monoisotopic (exact) mass is 294 g/mol. The van der Waals surface area contributed by atoms with Crippen LogP contribution in [0.5, 0.6) is 0 Å². The maximum Gasteiger partial charge on any atom is 0.344 e. The van der Waals surface area contributed by atoms with Crippen LogP contribution in [-0.2, 0) is 0 Å². The van der Waals surface area contributed by atoms with Gasteiger partial charge in [0, 0.05) is 28.0 Å². The van der Waals surface area contributed by atoms with Gasteiger partial charge in [-0.25, -0.2) is 9.18 Å². The molecule has 0 amide bonds. The van der Waals surface area contributed by atoms with E-state index >= 15 is 0 Å². The van der Waals surface area contributed by atoms with Crippen molar-refractivity contribution in [2.24, 2.45) is 0 Å². The largest absolute Gasteiger partial charge is 0.422 e. The summed E-state index contributed by atoms with van der Waals surface area (Å²) in [5.41, 5.74) is -0.442. The molecule has 0 bridgehead atoms. The van der Waals surface area contributed by atoms with Crippen LogP contribution in [-0.4, -0.2) is 11.6 Å². The van der Waals surface area contributed by atoms with Crippen molar-refractivity contribution in [3.63, 3.8) is 0 Å². The van der Waals surface area contributed by atoms with Crippen LogP contribution in [0.3, 0.4) is 0 Å². The average Bonchev–Trinajstić information content (AvgIpc) is 2.50. The number of rotatable bonds is 0. The fourth-order valence-corrected chi connectivity index (χ4v) is 2.78. The molecule has 3 aromatic rings. The molecule has 5 heteroatoms. The number of fused-ring (bicyclic) bond motifs is 5. The fraction of sp³-hybridized carbons (Fsp3) is 0. The summed E-state index contributed by atoms with van der Waals surface area (Å²) >= 11 is 0. The summed E-state index contributed by atoms with van der Waals surface area (Å²) in [5, 5.41) is 1.02. The molecule has 0 unspecified atom stereocenters. The molecular formula is C17H7FO4. The van der Waals surface area contributed by atoms with Crippen LogP contribution >= 0.6 is 0 Å². The lowest BCUT2D eigenvalue weighted by molar-refractivity contribution is 0.0995. The van der Waals surface area contributed by atoms with Crippen LogP contribution in [0, 0.1) is 5.82 Å². The van der Waals surface area contributed by atoms with Gasteiger partial charge >= 0.3 is 5.63 Å². The van der Waals surface area contributed by atoms with Crippen molar-refractivity contribution in [3.05, 3.63) is 69.8 Å². The van der Waals surface area contributed by atoms with Crippen LogP contribution in [0.15, 0.2) is 51.7 Å². The molecular weight excluding hydrogens is 287 g/mol. The van der Waals surface area contributed by atoms with Gasteiger partial charge in [-0.05, 0) is 30.4 Å². The summed E-state index contributed by atoms with van der Waals surface area (Å²) in [6.45, 7) is 0. The Balaban J connectivity index is 2.27. The normalized spacial score (nSPS) is 13.9. The highest BCUT2D eigenvalue weighted by Gasteiger charge is 2.24. The topological polar surface area (TPSA) is 64.3 Å². The lowest BCUT2D eigenvalue weighted by Gasteiger charge is -2.12. The van der Waals surface area contributed by atoms with Crippen molar-refractivity contribution in [1.29, 1.82) is 0 Å². The van der Waals surface area contributed by atoms with Gasteiger partial charge in [0.05, 0.1) is 5.39 Å². The number of carbonyl (C=O) groups is 2. The second-order valence-corrected chi connectivity index (χ2v) is 5.00. The number of hydrogen-bond acceptors (Lipinski definition) is 4. The highest BCUT2D eigenvalue weighted by Crippen LogP contribution is 2.29. The van der Waals surface area contributed by atoms with Gasteiger partial charge in [-0.15, -0.1) is 0 Å². The van der Waals surface area contributed by atoms with E-state index in [1.807, 2.05) is 0 Å². The predicted octanol–water partition coefficient (Wildman–Crippen LogP) is 3.02. The first-order chi connectivity index (χ1) is 10.6. The summed E-state index contributed by atoms with van der Waals surface area (Å²) < 4.78 is 18.4. The van der Waals surface area contributed by atoms with E-state index in [4.69, 9.17) is 4.42 Å². The molecule has 0 fully saturated rings. The molecule has 4 nitrogen and oxygen atoms in total. The zero-order valence-electron chi connectivity index (χ0n) is 11.1. The SMILES string of the molecule is O=C1C=CC(=O)c2c1ccc1c2c(=O)oc2cc(F)ccc21. The van der Waals surface area contributed by atoms with Gasteiger partial charge in [0.25, 0.3) is 0 Å². The quantitative estimate of drug-likeness (QED) is 0.472. The van der Waals surface area contributed by atoms with Crippen molar-refractivity contribution in [1.82, 2.24) is 0 Å². The number of ketones is 2. The third-order valence-electron chi connectivity index (χ3n) is 3.74. The molecule has 0 saturated carbocycles. The van der Waals surface area contributed by atoms with E-state index in [9.17, 15) is 18.8 Å². The molecule has 1 aliphatic rings. The average molecular weight is 294 g/mol. The standard InChI is InChI=1S/C17H7FO4/c18-8-1-2-9-10-3-4-11-12(19)5-6-13(20)15(11)16(10)17(21)22-14(9)7-8/h1-7H. The Hall–Kier alpha value is -3.08. The van der Waals surface area contributed by atoms with Gasteiger partial charge in [-0.1, -0.05) is 6.07 Å². The third kappa shape index (κ3) is 1.59. The van der Waals surface area contributed by atoms with Gasteiger partial charge in [0.1, 0.15) is 11.4 Å². The van der Waals surface area contributed by atoms with E-state index in [1.54, 1.807) is 6.07 Å². The Bertz CT molecular complexity index is 1090. The number of carbonyl (C=O) groups excluding carboxylic acids is 2. The first-order valence-corrected chi connectivity index (χ1v) is 6.52.